The van der Waals surface area contributed by atoms with Gasteiger partial charge < -0.3 is 14.9 Å². The highest BCUT2D eigenvalue weighted by Crippen LogP contribution is 2.38. The second-order valence-corrected chi connectivity index (χ2v) is 6.54. The molecule has 2 fully saturated rings. The van der Waals surface area contributed by atoms with Crippen LogP contribution >= 0.6 is 0 Å². The van der Waals surface area contributed by atoms with E-state index in [4.69, 9.17) is 0 Å². The van der Waals surface area contributed by atoms with Crippen LogP contribution in [0, 0.1) is 11.3 Å². The van der Waals surface area contributed by atoms with Crippen molar-refractivity contribution in [2.24, 2.45) is 11.3 Å². The Bertz CT molecular complexity index is 319. The molecule has 0 aliphatic carbocycles. The van der Waals surface area contributed by atoms with E-state index in [0.717, 1.165) is 26.1 Å². The highest BCUT2D eigenvalue weighted by Gasteiger charge is 2.43. The van der Waals surface area contributed by atoms with Crippen molar-refractivity contribution in [3.63, 3.8) is 0 Å². The Morgan fingerprint density at radius 3 is 2.56 bits per heavy atom. The number of nitrogens with zero attached hydrogens (tertiary/aromatic N) is 2. The molecule has 4 heteroatoms. The van der Waals surface area contributed by atoms with Gasteiger partial charge in [0.05, 0.1) is 0 Å². The van der Waals surface area contributed by atoms with Gasteiger partial charge in [-0.25, -0.2) is 0 Å². The molecule has 1 amide bonds. The molecule has 0 aromatic rings. The minimum absolute atomic E-state index is 0.00285. The molecule has 2 heterocycles. The van der Waals surface area contributed by atoms with Crippen LogP contribution in [-0.4, -0.2) is 60.1 Å². The van der Waals surface area contributed by atoms with Gasteiger partial charge in [-0.05, 0) is 38.8 Å². The average Bonchev–Trinajstić information content (AvgIpc) is 2.70. The summed E-state index contributed by atoms with van der Waals surface area (Å²) in [6.07, 6.45) is 2.71. The molecular weight excluding hydrogens is 228 g/mol. The summed E-state index contributed by atoms with van der Waals surface area (Å²) in [7, 11) is 2.16. The number of amides is 1. The third-order valence-electron chi connectivity index (χ3n) is 4.49. The summed E-state index contributed by atoms with van der Waals surface area (Å²) < 4.78 is 0. The summed E-state index contributed by atoms with van der Waals surface area (Å²) in [5, 5.41) is 9.89. The smallest absolute Gasteiger partial charge is 0.251 e. The lowest BCUT2D eigenvalue weighted by atomic mass is 9.79. The Kier molecular flexibility index (Phi) is 3.97. The normalized spacial score (nSPS) is 31.3. The van der Waals surface area contributed by atoms with Crippen molar-refractivity contribution in [3.05, 3.63) is 0 Å². The molecule has 2 aliphatic heterocycles. The van der Waals surface area contributed by atoms with E-state index in [0.29, 0.717) is 5.41 Å². The van der Waals surface area contributed by atoms with Gasteiger partial charge in [0.2, 0.25) is 0 Å². The van der Waals surface area contributed by atoms with Gasteiger partial charge in [-0.3, -0.25) is 4.79 Å². The zero-order chi connectivity index (χ0) is 13.3. The van der Waals surface area contributed by atoms with E-state index in [9.17, 15) is 9.90 Å². The second-order valence-electron chi connectivity index (χ2n) is 6.54. The Labute approximate surface area is 110 Å². The molecule has 0 bridgehead atoms. The predicted molar refractivity (Wildman–Crippen MR) is 71.2 cm³/mol. The van der Waals surface area contributed by atoms with Crippen LogP contribution < -0.4 is 0 Å². The van der Waals surface area contributed by atoms with Gasteiger partial charge in [-0.2, -0.15) is 0 Å². The Balaban J connectivity index is 1.97. The molecule has 0 radical (unpaired) electrons. The zero-order valence-corrected chi connectivity index (χ0v) is 11.9. The molecule has 0 aromatic carbocycles. The first-order valence-electron chi connectivity index (χ1n) is 7.09. The maximum absolute atomic E-state index is 12.2. The van der Waals surface area contributed by atoms with Crippen molar-refractivity contribution in [1.29, 1.82) is 0 Å². The minimum Gasteiger partial charge on any atom is -0.383 e. The predicted octanol–water partition coefficient (Wildman–Crippen LogP) is 0.948. The molecule has 2 saturated heterocycles. The number of carbonyl (C=O) groups is 1. The van der Waals surface area contributed by atoms with Crippen LogP contribution in [0.15, 0.2) is 0 Å². The molecule has 104 valence electrons. The van der Waals surface area contributed by atoms with Crippen LogP contribution in [0.5, 0.6) is 0 Å². The van der Waals surface area contributed by atoms with Crippen molar-refractivity contribution in [2.75, 3.05) is 33.2 Å². The largest absolute Gasteiger partial charge is 0.383 e. The summed E-state index contributed by atoms with van der Waals surface area (Å²) in [5.41, 5.74) is 0.291. The standard InChI is InChI=1S/C14H26N2O2/c1-11(2)12(17)13(18)16-8-6-14(10-16)5-4-7-15(3)9-14/h11-12,17H,4-10H2,1-3H3. The van der Waals surface area contributed by atoms with Gasteiger partial charge in [0, 0.05) is 25.0 Å². The molecule has 1 N–H and O–H groups in total. The van der Waals surface area contributed by atoms with Gasteiger partial charge in [0.15, 0.2) is 0 Å². The molecule has 2 unspecified atom stereocenters. The Morgan fingerprint density at radius 1 is 1.22 bits per heavy atom. The summed E-state index contributed by atoms with van der Waals surface area (Å²) in [5.74, 6) is -0.0711. The quantitative estimate of drug-likeness (QED) is 0.798. The molecule has 4 nitrogen and oxygen atoms in total. The van der Waals surface area contributed by atoms with Crippen molar-refractivity contribution in [2.45, 2.75) is 39.2 Å². The van der Waals surface area contributed by atoms with Crippen LogP contribution in [0.4, 0.5) is 0 Å². The van der Waals surface area contributed by atoms with E-state index < -0.39 is 6.10 Å². The third-order valence-corrected chi connectivity index (χ3v) is 4.49. The lowest BCUT2D eigenvalue weighted by Crippen LogP contribution is -2.45. The zero-order valence-electron chi connectivity index (χ0n) is 11.9. The second kappa shape index (κ2) is 5.17. The molecule has 2 rings (SSSR count). The highest BCUT2D eigenvalue weighted by atomic mass is 16.3. The molecule has 18 heavy (non-hydrogen) atoms. The fourth-order valence-electron chi connectivity index (χ4n) is 3.38. The molecular formula is C14H26N2O2. The SMILES string of the molecule is CC(C)C(O)C(=O)N1CCC2(CCCN(C)C2)C1. The molecule has 0 saturated carbocycles. The van der Waals surface area contributed by atoms with Crippen molar-refractivity contribution in [3.8, 4) is 0 Å². The Morgan fingerprint density at radius 2 is 1.94 bits per heavy atom. The van der Waals surface area contributed by atoms with Gasteiger partial charge in [-0.1, -0.05) is 13.8 Å². The summed E-state index contributed by atoms with van der Waals surface area (Å²) in [6.45, 7) is 7.70. The van der Waals surface area contributed by atoms with Crippen LogP contribution in [0.2, 0.25) is 0 Å². The maximum atomic E-state index is 12.2. The third kappa shape index (κ3) is 2.69. The number of hydrogen-bond donors (Lipinski definition) is 1. The summed E-state index contributed by atoms with van der Waals surface area (Å²) in [6, 6.07) is 0. The van der Waals surface area contributed by atoms with Crippen LogP contribution in [0.3, 0.4) is 0 Å². The van der Waals surface area contributed by atoms with Crippen LogP contribution in [-0.2, 0) is 4.79 Å². The Hall–Kier alpha value is -0.610. The summed E-state index contributed by atoms with van der Waals surface area (Å²) >= 11 is 0. The number of aliphatic hydroxyl groups is 1. The summed E-state index contributed by atoms with van der Waals surface area (Å²) in [4.78, 5) is 16.4. The topological polar surface area (TPSA) is 43.8 Å². The van der Waals surface area contributed by atoms with Gasteiger partial charge in [0.25, 0.3) is 5.91 Å². The van der Waals surface area contributed by atoms with E-state index >= 15 is 0 Å². The van der Waals surface area contributed by atoms with E-state index in [2.05, 4.69) is 11.9 Å². The van der Waals surface area contributed by atoms with Crippen molar-refractivity contribution in [1.82, 2.24) is 9.80 Å². The van der Waals surface area contributed by atoms with Crippen molar-refractivity contribution >= 4 is 5.91 Å². The van der Waals surface area contributed by atoms with Crippen LogP contribution in [0.25, 0.3) is 0 Å². The minimum atomic E-state index is -0.832. The highest BCUT2D eigenvalue weighted by molar-refractivity contribution is 5.81. The van der Waals surface area contributed by atoms with E-state index in [1.54, 1.807) is 0 Å². The van der Waals surface area contributed by atoms with Crippen LogP contribution in [0.1, 0.15) is 33.1 Å². The molecule has 1 spiro atoms. The lowest BCUT2D eigenvalue weighted by molar-refractivity contribution is -0.141. The first-order chi connectivity index (χ1) is 8.43. The number of likely N-dealkylation sites (tertiary alicyclic amines) is 2. The van der Waals surface area contributed by atoms with Gasteiger partial charge in [-0.15, -0.1) is 0 Å². The first kappa shape index (κ1) is 13.8. The number of piperidine rings is 1. The van der Waals surface area contributed by atoms with E-state index in [1.165, 1.54) is 19.4 Å². The van der Waals surface area contributed by atoms with E-state index in [-0.39, 0.29) is 11.8 Å². The lowest BCUT2D eigenvalue weighted by Gasteiger charge is -2.38. The molecule has 0 aromatic heterocycles. The number of rotatable bonds is 2. The molecule has 2 atom stereocenters. The monoisotopic (exact) mass is 254 g/mol. The van der Waals surface area contributed by atoms with Crippen molar-refractivity contribution < 1.29 is 9.90 Å². The fourth-order valence-corrected chi connectivity index (χ4v) is 3.38. The first-order valence-corrected chi connectivity index (χ1v) is 7.09. The number of carbonyl (C=O) groups excluding carboxylic acids is 1. The maximum Gasteiger partial charge on any atom is 0.251 e. The number of hydrogen-bond acceptors (Lipinski definition) is 3. The molecule has 2 aliphatic rings. The average molecular weight is 254 g/mol. The van der Waals surface area contributed by atoms with Gasteiger partial charge in [0.1, 0.15) is 6.10 Å². The number of aliphatic hydroxyl groups excluding tert-OH is 1. The van der Waals surface area contributed by atoms with E-state index in [1.807, 2.05) is 18.7 Å². The fraction of sp³-hybridized carbons (Fsp3) is 0.929. The van der Waals surface area contributed by atoms with Gasteiger partial charge >= 0.3 is 0 Å².